The minimum absolute atomic E-state index is 0.592. The Labute approximate surface area is 114 Å². The Morgan fingerprint density at radius 1 is 1.37 bits per heavy atom. The number of aliphatic carboxylic acids is 1. The first-order valence-electron chi connectivity index (χ1n) is 7.06. The Hall–Kier alpha value is -1.35. The van der Waals surface area contributed by atoms with E-state index in [9.17, 15) is 9.90 Å². The highest BCUT2D eigenvalue weighted by Crippen LogP contribution is 2.39. The molecule has 0 spiro atoms. The number of fused-ring (bicyclic) bond motifs is 1. The van der Waals surface area contributed by atoms with E-state index in [2.05, 4.69) is 12.1 Å². The molecular weight excluding hydrogens is 240 g/mol. The zero-order valence-electron chi connectivity index (χ0n) is 11.5. The molecule has 0 amide bonds. The predicted octanol–water partition coefficient (Wildman–Crippen LogP) is 3.06. The van der Waals surface area contributed by atoms with Crippen LogP contribution in [0, 0.1) is 5.41 Å². The van der Waals surface area contributed by atoms with Gasteiger partial charge in [-0.05, 0) is 50.2 Å². The van der Waals surface area contributed by atoms with Gasteiger partial charge in [0.1, 0.15) is 0 Å². The first kappa shape index (κ1) is 14.1. The average Bonchev–Trinajstić information content (AvgIpc) is 2.43. The van der Waals surface area contributed by atoms with Crippen LogP contribution in [-0.4, -0.2) is 24.3 Å². The van der Waals surface area contributed by atoms with Crippen molar-refractivity contribution < 1.29 is 14.6 Å². The number of rotatable bonds is 6. The molecule has 1 N–H and O–H groups in total. The van der Waals surface area contributed by atoms with Crippen molar-refractivity contribution in [3.05, 3.63) is 35.4 Å². The molecule has 1 aliphatic rings. The molecule has 19 heavy (non-hydrogen) atoms. The summed E-state index contributed by atoms with van der Waals surface area (Å²) in [7, 11) is 0. The fourth-order valence-electron chi connectivity index (χ4n) is 2.96. The van der Waals surface area contributed by atoms with E-state index in [0.717, 1.165) is 19.3 Å². The quantitative estimate of drug-likeness (QED) is 0.801. The Balaban J connectivity index is 2.08. The molecular formula is C16H22O3. The number of hydrogen-bond donors (Lipinski definition) is 1. The fourth-order valence-corrected chi connectivity index (χ4v) is 2.96. The number of carboxylic acids is 1. The minimum Gasteiger partial charge on any atom is -0.481 e. The van der Waals surface area contributed by atoms with Gasteiger partial charge in [0.05, 0.1) is 5.41 Å². The van der Waals surface area contributed by atoms with Crippen molar-refractivity contribution in [3.63, 3.8) is 0 Å². The molecule has 1 aromatic rings. The Bertz CT molecular complexity index is 441. The molecule has 0 aromatic heterocycles. The van der Waals surface area contributed by atoms with Crippen LogP contribution in [-0.2, 0) is 22.4 Å². The Morgan fingerprint density at radius 2 is 2.11 bits per heavy atom. The number of carbonyl (C=O) groups is 1. The van der Waals surface area contributed by atoms with E-state index in [0.29, 0.717) is 26.1 Å². The van der Waals surface area contributed by atoms with Crippen molar-refractivity contribution >= 4 is 5.97 Å². The lowest BCUT2D eigenvalue weighted by Crippen LogP contribution is -2.37. The molecule has 1 aromatic carbocycles. The molecule has 0 fully saturated rings. The zero-order valence-corrected chi connectivity index (χ0v) is 11.5. The van der Waals surface area contributed by atoms with Gasteiger partial charge in [-0.25, -0.2) is 0 Å². The molecule has 1 atom stereocenters. The Morgan fingerprint density at radius 3 is 2.79 bits per heavy atom. The van der Waals surface area contributed by atoms with Crippen LogP contribution in [0.2, 0.25) is 0 Å². The van der Waals surface area contributed by atoms with Crippen molar-refractivity contribution in [3.8, 4) is 0 Å². The lowest BCUT2D eigenvalue weighted by molar-refractivity contribution is -0.150. The maximum absolute atomic E-state index is 11.7. The van der Waals surface area contributed by atoms with E-state index in [1.54, 1.807) is 0 Å². The van der Waals surface area contributed by atoms with E-state index in [1.807, 2.05) is 19.1 Å². The van der Waals surface area contributed by atoms with E-state index in [4.69, 9.17) is 4.74 Å². The maximum atomic E-state index is 11.7. The van der Waals surface area contributed by atoms with E-state index < -0.39 is 11.4 Å². The van der Waals surface area contributed by atoms with Crippen molar-refractivity contribution in [1.82, 2.24) is 0 Å². The van der Waals surface area contributed by atoms with Crippen molar-refractivity contribution in [2.75, 3.05) is 13.2 Å². The first-order valence-corrected chi connectivity index (χ1v) is 7.06. The molecule has 1 unspecified atom stereocenters. The standard InChI is InChI=1S/C16H22O3/c1-2-19-11-5-9-16(15(17)18)10-8-13-6-3-4-7-14(13)12-16/h3-4,6-7H,2,5,8-12H2,1H3,(H,17,18). The normalized spacial score (nSPS) is 21.9. The molecule has 0 radical (unpaired) electrons. The molecule has 104 valence electrons. The SMILES string of the molecule is CCOCCCC1(C(=O)O)CCc2ccccc2C1. The van der Waals surface area contributed by atoms with Crippen LogP contribution in [0.3, 0.4) is 0 Å². The molecule has 0 heterocycles. The monoisotopic (exact) mass is 262 g/mol. The van der Waals surface area contributed by atoms with Gasteiger partial charge in [0, 0.05) is 13.2 Å². The minimum atomic E-state index is -0.654. The van der Waals surface area contributed by atoms with Gasteiger partial charge in [0.25, 0.3) is 0 Å². The Kier molecular flexibility index (Phi) is 4.59. The highest BCUT2D eigenvalue weighted by molar-refractivity contribution is 5.75. The second-order valence-corrected chi connectivity index (χ2v) is 5.33. The van der Waals surface area contributed by atoms with Crippen molar-refractivity contribution in [1.29, 1.82) is 0 Å². The van der Waals surface area contributed by atoms with Crippen molar-refractivity contribution in [2.24, 2.45) is 5.41 Å². The molecule has 0 saturated heterocycles. The second-order valence-electron chi connectivity index (χ2n) is 5.33. The summed E-state index contributed by atoms with van der Waals surface area (Å²) in [6, 6.07) is 8.20. The van der Waals surface area contributed by atoms with Crippen LogP contribution in [0.5, 0.6) is 0 Å². The predicted molar refractivity (Wildman–Crippen MR) is 74.3 cm³/mol. The van der Waals surface area contributed by atoms with E-state index in [1.165, 1.54) is 11.1 Å². The van der Waals surface area contributed by atoms with Crippen LogP contribution < -0.4 is 0 Å². The van der Waals surface area contributed by atoms with Crippen LogP contribution in [0.25, 0.3) is 0 Å². The summed E-state index contributed by atoms with van der Waals surface area (Å²) >= 11 is 0. The summed E-state index contributed by atoms with van der Waals surface area (Å²) in [6.07, 6.45) is 3.80. The van der Waals surface area contributed by atoms with Crippen LogP contribution in [0.4, 0.5) is 0 Å². The first-order chi connectivity index (χ1) is 9.18. The zero-order chi connectivity index (χ0) is 13.7. The van der Waals surface area contributed by atoms with Gasteiger partial charge < -0.3 is 9.84 Å². The summed E-state index contributed by atoms with van der Waals surface area (Å²) < 4.78 is 5.33. The van der Waals surface area contributed by atoms with E-state index >= 15 is 0 Å². The van der Waals surface area contributed by atoms with Gasteiger partial charge in [0.15, 0.2) is 0 Å². The van der Waals surface area contributed by atoms with Gasteiger partial charge in [-0.1, -0.05) is 24.3 Å². The second kappa shape index (κ2) is 6.20. The number of hydrogen-bond acceptors (Lipinski definition) is 2. The van der Waals surface area contributed by atoms with E-state index in [-0.39, 0.29) is 0 Å². The maximum Gasteiger partial charge on any atom is 0.309 e. The molecule has 0 saturated carbocycles. The van der Waals surface area contributed by atoms with Gasteiger partial charge in [0.2, 0.25) is 0 Å². The van der Waals surface area contributed by atoms with Crippen molar-refractivity contribution in [2.45, 2.75) is 39.0 Å². The smallest absolute Gasteiger partial charge is 0.309 e. The summed E-state index contributed by atoms with van der Waals surface area (Å²) in [6.45, 7) is 3.32. The lowest BCUT2D eigenvalue weighted by Gasteiger charge is -2.34. The number of carboxylic acid groups (broad SMARTS) is 1. The van der Waals surface area contributed by atoms with Gasteiger partial charge >= 0.3 is 5.97 Å². The molecule has 0 bridgehead atoms. The third-order valence-corrected chi connectivity index (χ3v) is 4.12. The third kappa shape index (κ3) is 3.16. The van der Waals surface area contributed by atoms with Crippen LogP contribution >= 0.6 is 0 Å². The lowest BCUT2D eigenvalue weighted by atomic mass is 9.69. The molecule has 1 aliphatic carbocycles. The number of ether oxygens (including phenoxy) is 1. The number of aryl methyl sites for hydroxylation is 1. The summed E-state index contributed by atoms with van der Waals surface area (Å²) in [5.74, 6) is -0.654. The number of benzene rings is 1. The van der Waals surface area contributed by atoms with Gasteiger partial charge in [-0.15, -0.1) is 0 Å². The highest BCUT2D eigenvalue weighted by atomic mass is 16.5. The van der Waals surface area contributed by atoms with Crippen LogP contribution in [0.15, 0.2) is 24.3 Å². The van der Waals surface area contributed by atoms with Crippen LogP contribution in [0.1, 0.15) is 37.3 Å². The van der Waals surface area contributed by atoms with Gasteiger partial charge in [-0.2, -0.15) is 0 Å². The largest absolute Gasteiger partial charge is 0.481 e. The summed E-state index contributed by atoms with van der Waals surface area (Å²) in [5, 5.41) is 9.63. The molecule has 3 heteroatoms. The summed E-state index contributed by atoms with van der Waals surface area (Å²) in [4.78, 5) is 11.7. The summed E-state index contributed by atoms with van der Waals surface area (Å²) in [5.41, 5.74) is 1.92. The molecule has 2 rings (SSSR count). The average molecular weight is 262 g/mol. The fraction of sp³-hybridized carbons (Fsp3) is 0.562. The van der Waals surface area contributed by atoms with Gasteiger partial charge in [-0.3, -0.25) is 4.79 Å². The molecule has 0 aliphatic heterocycles. The topological polar surface area (TPSA) is 46.5 Å². The highest BCUT2D eigenvalue weighted by Gasteiger charge is 2.40. The third-order valence-electron chi connectivity index (χ3n) is 4.12. The molecule has 3 nitrogen and oxygen atoms in total.